The molecule has 0 aliphatic carbocycles. The molecule has 0 radical (unpaired) electrons. The summed E-state index contributed by atoms with van der Waals surface area (Å²) >= 11 is 0. The van der Waals surface area contributed by atoms with Crippen molar-refractivity contribution in [3.8, 4) is 0 Å². The van der Waals surface area contributed by atoms with Gasteiger partial charge in [-0.1, -0.05) is 19.9 Å². The van der Waals surface area contributed by atoms with E-state index in [9.17, 15) is 17.6 Å². The number of carbonyl (C=O) groups is 1. The van der Waals surface area contributed by atoms with Gasteiger partial charge in [0.15, 0.2) is 0 Å². The van der Waals surface area contributed by atoms with E-state index in [2.05, 4.69) is 5.32 Å². The molecule has 0 bridgehead atoms. The van der Waals surface area contributed by atoms with Gasteiger partial charge in [-0.3, -0.25) is 4.79 Å². The van der Waals surface area contributed by atoms with Crippen molar-refractivity contribution in [3.05, 3.63) is 54.3 Å². The monoisotopic (exact) mass is 407 g/mol. The van der Waals surface area contributed by atoms with Gasteiger partial charge in [-0.05, 0) is 49.4 Å². The standard InChI is InChI=1S/C20H26FN3O3S/c1-4-23(18-9-7-8-16(21)14-18)15-20(25)22-17-10-12-19(13-11-17)28(26,27)24(5-2)6-3/h7-14H,4-6,15H2,1-3H3,(H,22,25). The first kappa shape index (κ1) is 21.8. The van der Waals surface area contributed by atoms with E-state index < -0.39 is 10.0 Å². The van der Waals surface area contributed by atoms with E-state index in [-0.39, 0.29) is 23.2 Å². The van der Waals surface area contributed by atoms with Crippen LogP contribution in [0.3, 0.4) is 0 Å². The van der Waals surface area contributed by atoms with Crippen LogP contribution >= 0.6 is 0 Å². The third kappa shape index (κ3) is 5.30. The second-order valence-electron chi connectivity index (χ2n) is 6.16. The normalized spacial score (nSPS) is 11.5. The summed E-state index contributed by atoms with van der Waals surface area (Å²) in [5, 5.41) is 2.74. The molecule has 0 fully saturated rings. The Morgan fingerprint density at radius 2 is 1.64 bits per heavy atom. The van der Waals surface area contributed by atoms with Gasteiger partial charge < -0.3 is 10.2 Å². The van der Waals surface area contributed by atoms with Crippen LogP contribution < -0.4 is 10.2 Å². The third-order valence-corrected chi connectivity index (χ3v) is 6.43. The molecule has 152 valence electrons. The van der Waals surface area contributed by atoms with Gasteiger partial charge in [0, 0.05) is 31.0 Å². The number of halogens is 1. The number of anilines is 2. The second-order valence-corrected chi connectivity index (χ2v) is 8.09. The molecule has 8 heteroatoms. The van der Waals surface area contributed by atoms with Crippen LogP contribution in [0.4, 0.5) is 15.8 Å². The number of nitrogens with zero attached hydrogens (tertiary/aromatic N) is 2. The highest BCUT2D eigenvalue weighted by molar-refractivity contribution is 7.89. The molecule has 6 nitrogen and oxygen atoms in total. The topological polar surface area (TPSA) is 69.7 Å². The number of benzene rings is 2. The van der Waals surface area contributed by atoms with Crippen molar-refractivity contribution in [2.75, 3.05) is 36.4 Å². The average Bonchev–Trinajstić information content (AvgIpc) is 2.67. The maximum Gasteiger partial charge on any atom is 0.243 e. The van der Waals surface area contributed by atoms with Gasteiger partial charge in [0.25, 0.3) is 0 Å². The van der Waals surface area contributed by atoms with Crippen LogP contribution in [-0.2, 0) is 14.8 Å². The molecule has 28 heavy (non-hydrogen) atoms. The number of rotatable bonds is 9. The Labute approximate surface area is 166 Å². The predicted octanol–water partition coefficient (Wildman–Crippen LogP) is 3.32. The zero-order chi connectivity index (χ0) is 20.7. The van der Waals surface area contributed by atoms with Crippen LogP contribution in [-0.4, -0.2) is 44.8 Å². The largest absolute Gasteiger partial charge is 0.362 e. The highest BCUT2D eigenvalue weighted by Gasteiger charge is 2.21. The molecule has 0 heterocycles. The number of carbonyl (C=O) groups excluding carboxylic acids is 1. The maximum absolute atomic E-state index is 13.4. The number of sulfonamides is 1. The van der Waals surface area contributed by atoms with Crippen LogP contribution in [0.25, 0.3) is 0 Å². The highest BCUT2D eigenvalue weighted by atomic mass is 32.2. The van der Waals surface area contributed by atoms with E-state index in [0.717, 1.165) is 0 Å². The molecule has 0 aliphatic heterocycles. The summed E-state index contributed by atoms with van der Waals surface area (Å²) in [5.41, 5.74) is 1.12. The van der Waals surface area contributed by atoms with Gasteiger partial charge in [-0.2, -0.15) is 4.31 Å². The smallest absolute Gasteiger partial charge is 0.243 e. The molecule has 0 atom stereocenters. The molecule has 2 rings (SSSR count). The highest BCUT2D eigenvalue weighted by Crippen LogP contribution is 2.19. The molecule has 2 aromatic carbocycles. The molecule has 0 spiro atoms. The van der Waals surface area contributed by atoms with E-state index in [1.54, 1.807) is 43.0 Å². The summed E-state index contributed by atoms with van der Waals surface area (Å²) < 4.78 is 39.8. The maximum atomic E-state index is 13.4. The van der Waals surface area contributed by atoms with E-state index in [1.807, 2.05) is 6.92 Å². The Balaban J connectivity index is 2.06. The summed E-state index contributed by atoms with van der Waals surface area (Å²) in [6.07, 6.45) is 0. The first-order chi connectivity index (χ1) is 13.3. The molecular formula is C20H26FN3O3S. The number of nitrogens with one attached hydrogen (secondary N) is 1. The van der Waals surface area contributed by atoms with Gasteiger partial charge >= 0.3 is 0 Å². The van der Waals surface area contributed by atoms with E-state index >= 15 is 0 Å². The Kier molecular flexibility index (Phi) is 7.53. The fraction of sp³-hybridized carbons (Fsp3) is 0.350. The number of amides is 1. The van der Waals surface area contributed by atoms with Crippen molar-refractivity contribution < 1.29 is 17.6 Å². The average molecular weight is 408 g/mol. The van der Waals surface area contributed by atoms with Crippen LogP contribution in [0, 0.1) is 5.82 Å². The molecule has 0 aromatic heterocycles. The van der Waals surface area contributed by atoms with Gasteiger partial charge in [-0.15, -0.1) is 0 Å². The van der Waals surface area contributed by atoms with E-state index in [1.165, 1.54) is 28.6 Å². The molecule has 0 saturated heterocycles. The van der Waals surface area contributed by atoms with Gasteiger partial charge in [0.1, 0.15) is 5.82 Å². The second kappa shape index (κ2) is 9.66. The molecule has 0 unspecified atom stereocenters. The van der Waals surface area contributed by atoms with Gasteiger partial charge in [0.05, 0.1) is 11.4 Å². The summed E-state index contributed by atoms with van der Waals surface area (Å²) in [6, 6.07) is 12.2. The summed E-state index contributed by atoms with van der Waals surface area (Å²) in [6.45, 7) is 6.83. The minimum atomic E-state index is -3.53. The molecule has 0 saturated carbocycles. The van der Waals surface area contributed by atoms with Crippen LogP contribution in [0.15, 0.2) is 53.4 Å². The number of likely N-dealkylation sites (N-methyl/N-ethyl adjacent to an activating group) is 1. The first-order valence-electron chi connectivity index (χ1n) is 9.22. The Morgan fingerprint density at radius 1 is 1.00 bits per heavy atom. The van der Waals surface area contributed by atoms with Crippen molar-refractivity contribution in [3.63, 3.8) is 0 Å². The molecule has 0 aliphatic rings. The fourth-order valence-electron chi connectivity index (χ4n) is 2.86. The lowest BCUT2D eigenvalue weighted by Gasteiger charge is -2.22. The minimum Gasteiger partial charge on any atom is -0.362 e. The van der Waals surface area contributed by atoms with Crippen molar-refractivity contribution in [1.82, 2.24) is 4.31 Å². The molecule has 1 N–H and O–H groups in total. The van der Waals surface area contributed by atoms with Crippen molar-refractivity contribution in [1.29, 1.82) is 0 Å². The zero-order valence-electron chi connectivity index (χ0n) is 16.4. The predicted molar refractivity (Wildman–Crippen MR) is 109 cm³/mol. The van der Waals surface area contributed by atoms with Crippen LogP contribution in [0.1, 0.15) is 20.8 Å². The summed E-state index contributed by atoms with van der Waals surface area (Å²) in [5.74, 6) is -0.633. The molecule has 1 amide bonds. The van der Waals surface area contributed by atoms with E-state index in [4.69, 9.17) is 0 Å². The lowest BCUT2D eigenvalue weighted by Crippen LogP contribution is -2.33. The summed E-state index contributed by atoms with van der Waals surface area (Å²) in [4.78, 5) is 14.3. The summed E-state index contributed by atoms with van der Waals surface area (Å²) in [7, 11) is -3.53. The van der Waals surface area contributed by atoms with Crippen LogP contribution in [0.5, 0.6) is 0 Å². The fourth-order valence-corrected chi connectivity index (χ4v) is 4.31. The number of hydrogen-bond acceptors (Lipinski definition) is 4. The minimum absolute atomic E-state index is 0.0550. The lowest BCUT2D eigenvalue weighted by atomic mass is 10.2. The first-order valence-corrected chi connectivity index (χ1v) is 10.7. The third-order valence-electron chi connectivity index (χ3n) is 4.37. The Hall–Kier alpha value is -2.45. The van der Waals surface area contributed by atoms with Crippen molar-refractivity contribution in [2.24, 2.45) is 0 Å². The lowest BCUT2D eigenvalue weighted by molar-refractivity contribution is -0.115. The quantitative estimate of drug-likeness (QED) is 0.692. The van der Waals surface area contributed by atoms with Gasteiger partial charge in [0.2, 0.25) is 15.9 Å². The van der Waals surface area contributed by atoms with Gasteiger partial charge in [-0.25, -0.2) is 12.8 Å². The van der Waals surface area contributed by atoms with Crippen molar-refractivity contribution >= 4 is 27.3 Å². The Morgan fingerprint density at radius 3 is 2.18 bits per heavy atom. The van der Waals surface area contributed by atoms with Crippen LogP contribution in [0.2, 0.25) is 0 Å². The molecule has 2 aromatic rings. The van der Waals surface area contributed by atoms with E-state index in [0.29, 0.717) is 31.0 Å². The number of hydrogen-bond donors (Lipinski definition) is 1. The molecular weight excluding hydrogens is 381 g/mol. The zero-order valence-corrected chi connectivity index (χ0v) is 17.2. The SMILES string of the molecule is CCN(CC(=O)Nc1ccc(S(=O)(=O)N(CC)CC)cc1)c1cccc(F)c1. The Bertz CT molecular complexity index is 897. The van der Waals surface area contributed by atoms with Crippen molar-refractivity contribution in [2.45, 2.75) is 25.7 Å².